The lowest BCUT2D eigenvalue weighted by molar-refractivity contribution is 0.669. The van der Waals surface area contributed by atoms with Gasteiger partial charge in [-0.05, 0) is 101 Å². The van der Waals surface area contributed by atoms with Gasteiger partial charge in [-0.3, -0.25) is 0 Å². The summed E-state index contributed by atoms with van der Waals surface area (Å²) in [5, 5.41) is 6.63. The van der Waals surface area contributed by atoms with E-state index in [1.54, 1.807) is 36.4 Å². The van der Waals surface area contributed by atoms with Gasteiger partial charge >= 0.3 is 0 Å². The first-order chi connectivity index (χ1) is 28.0. The first-order valence-corrected chi connectivity index (χ1v) is 16.1. The minimum atomic E-state index is -0.496. The van der Waals surface area contributed by atoms with Crippen molar-refractivity contribution in [2.24, 2.45) is 0 Å². The van der Waals surface area contributed by atoms with Crippen molar-refractivity contribution in [3.8, 4) is 44.5 Å². The highest BCUT2D eigenvalue weighted by atomic mass is 16.3. The average Bonchev–Trinajstić information content (AvgIpc) is 3.61. The lowest BCUT2D eigenvalue weighted by atomic mass is 9.83. The maximum atomic E-state index is 9.50. The van der Waals surface area contributed by atoms with Crippen LogP contribution >= 0.6 is 0 Å². The predicted molar refractivity (Wildman–Crippen MR) is 208 cm³/mol. The van der Waals surface area contributed by atoms with Crippen molar-refractivity contribution in [2.75, 3.05) is 0 Å². The maximum absolute atomic E-state index is 9.50. The monoisotopic (exact) mass is 631 g/mol. The molecule has 0 atom stereocenters. The molecule has 0 radical (unpaired) electrons. The molecule has 0 aliphatic heterocycles. The highest BCUT2D eigenvalue weighted by Gasteiger charge is 2.21. The van der Waals surface area contributed by atoms with Gasteiger partial charge in [-0.25, -0.2) is 0 Å². The Bertz CT molecular complexity index is 3330. The van der Waals surface area contributed by atoms with Crippen LogP contribution in [0, 0.1) is 0 Å². The van der Waals surface area contributed by atoms with Gasteiger partial charge in [0, 0.05) is 10.8 Å². The molecule has 10 aromatic rings. The topological polar surface area (TPSA) is 13.1 Å². The molecule has 0 saturated carbocycles. The molecule has 1 heterocycles. The Balaban J connectivity index is 1.38. The molecule has 1 aromatic heterocycles. The molecule has 0 aliphatic carbocycles. The zero-order valence-electron chi connectivity index (χ0n) is 35.0. The smallest absolute Gasteiger partial charge is 0.136 e. The number of rotatable bonds is 4. The third kappa shape index (κ3) is 4.47. The van der Waals surface area contributed by atoms with E-state index in [-0.39, 0.29) is 52.9 Å². The highest BCUT2D eigenvalue weighted by Crippen LogP contribution is 2.48. The Hall–Kier alpha value is -6.44. The summed E-state index contributed by atoms with van der Waals surface area (Å²) in [6, 6.07) is 37.3. The van der Waals surface area contributed by atoms with Crippen molar-refractivity contribution in [1.82, 2.24) is 0 Å². The second-order valence-electron chi connectivity index (χ2n) is 12.1. The standard InChI is InChI=1S/C48H30O/c1-3-12-31(13-4-1)33-22-24-34(25-23-33)46-38-18-9-10-19-39(38)47(40-27-26-37(28-42(40)46)32-14-5-2-6-15-32)41-20-11-21-44-48(41)43-29-35-16-7-8-17-36(35)30-45(43)49-44/h1-30H/i2D,5D,6D,14D,15D,22D,23D,24D,25D. The van der Waals surface area contributed by atoms with Crippen molar-refractivity contribution in [3.63, 3.8) is 0 Å². The van der Waals surface area contributed by atoms with Crippen LogP contribution in [-0.4, -0.2) is 0 Å². The molecule has 49 heavy (non-hydrogen) atoms. The summed E-state index contributed by atoms with van der Waals surface area (Å²) < 4.78 is 86.8. The molecule has 0 spiro atoms. The maximum Gasteiger partial charge on any atom is 0.136 e. The predicted octanol–water partition coefficient (Wildman–Crippen LogP) is 13.7. The lowest BCUT2D eigenvalue weighted by Crippen LogP contribution is -1.92. The Morgan fingerprint density at radius 1 is 0.367 bits per heavy atom. The molecule has 0 N–H and O–H groups in total. The molecule has 0 saturated heterocycles. The minimum Gasteiger partial charge on any atom is -0.456 e. The fraction of sp³-hybridized carbons (Fsp3) is 0. The first-order valence-electron chi connectivity index (χ1n) is 20.6. The summed E-state index contributed by atoms with van der Waals surface area (Å²) in [7, 11) is 0. The molecule has 1 nitrogen and oxygen atoms in total. The van der Waals surface area contributed by atoms with Gasteiger partial charge < -0.3 is 4.42 Å². The normalized spacial score (nSPS) is 14.2. The van der Waals surface area contributed by atoms with Crippen LogP contribution in [-0.2, 0) is 0 Å². The summed E-state index contributed by atoms with van der Waals surface area (Å²) in [6.45, 7) is 0. The quantitative estimate of drug-likeness (QED) is 0.176. The van der Waals surface area contributed by atoms with Crippen molar-refractivity contribution in [2.45, 2.75) is 0 Å². The van der Waals surface area contributed by atoms with Crippen LogP contribution in [0.2, 0.25) is 0 Å². The van der Waals surface area contributed by atoms with Crippen molar-refractivity contribution < 1.29 is 16.8 Å². The largest absolute Gasteiger partial charge is 0.456 e. The molecule has 0 fully saturated rings. The average molecular weight is 632 g/mol. The third-order valence-electron chi connectivity index (χ3n) is 9.38. The van der Waals surface area contributed by atoms with Gasteiger partial charge in [-0.15, -0.1) is 0 Å². The van der Waals surface area contributed by atoms with Crippen molar-refractivity contribution >= 4 is 54.3 Å². The van der Waals surface area contributed by atoms with Crippen molar-refractivity contribution in [1.29, 1.82) is 0 Å². The molecule has 0 bridgehead atoms. The zero-order chi connectivity index (χ0) is 40.1. The van der Waals surface area contributed by atoms with E-state index in [1.807, 2.05) is 78.9 Å². The van der Waals surface area contributed by atoms with E-state index >= 15 is 0 Å². The summed E-state index contributed by atoms with van der Waals surface area (Å²) in [6.07, 6.45) is 0. The van der Waals surface area contributed by atoms with Gasteiger partial charge in [0.15, 0.2) is 0 Å². The molecule has 0 amide bonds. The molecule has 9 aromatic carbocycles. The Morgan fingerprint density at radius 3 is 1.82 bits per heavy atom. The van der Waals surface area contributed by atoms with Gasteiger partial charge in [0.1, 0.15) is 11.2 Å². The van der Waals surface area contributed by atoms with E-state index in [2.05, 4.69) is 12.1 Å². The van der Waals surface area contributed by atoms with Gasteiger partial charge in [0.05, 0.1) is 12.3 Å². The Kier molecular flexibility index (Phi) is 4.53. The molecular weight excluding hydrogens is 593 g/mol. The van der Waals surface area contributed by atoms with Crippen LogP contribution in [0.1, 0.15) is 12.3 Å². The van der Waals surface area contributed by atoms with E-state index in [1.165, 1.54) is 0 Å². The Morgan fingerprint density at radius 2 is 1.02 bits per heavy atom. The molecular formula is C48H30O. The second-order valence-corrected chi connectivity index (χ2v) is 12.1. The van der Waals surface area contributed by atoms with E-state index < -0.39 is 18.1 Å². The summed E-state index contributed by atoms with van der Waals surface area (Å²) >= 11 is 0. The highest BCUT2D eigenvalue weighted by molar-refractivity contribution is 6.26. The van der Waals surface area contributed by atoms with Crippen LogP contribution in [0.15, 0.2) is 186 Å². The van der Waals surface area contributed by atoms with Crippen LogP contribution in [0.25, 0.3) is 98.8 Å². The lowest BCUT2D eigenvalue weighted by Gasteiger charge is -2.19. The second kappa shape index (κ2) is 11.1. The number of fused-ring (bicyclic) bond motifs is 6. The van der Waals surface area contributed by atoms with Crippen molar-refractivity contribution in [3.05, 3.63) is 182 Å². The van der Waals surface area contributed by atoms with E-state index in [0.717, 1.165) is 43.6 Å². The fourth-order valence-corrected chi connectivity index (χ4v) is 7.19. The molecule has 1 heteroatoms. The molecule has 0 unspecified atom stereocenters. The van der Waals surface area contributed by atoms with Gasteiger partial charge in [0.2, 0.25) is 0 Å². The molecule has 0 aliphatic rings. The summed E-state index contributed by atoms with van der Waals surface area (Å²) in [4.78, 5) is 0. The van der Waals surface area contributed by atoms with E-state index in [0.29, 0.717) is 38.4 Å². The minimum absolute atomic E-state index is 0.0161. The van der Waals surface area contributed by atoms with Crippen LogP contribution in [0.3, 0.4) is 0 Å². The zero-order valence-corrected chi connectivity index (χ0v) is 26.0. The van der Waals surface area contributed by atoms with Crippen LogP contribution in [0.4, 0.5) is 0 Å². The van der Waals surface area contributed by atoms with Crippen LogP contribution < -0.4 is 0 Å². The van der Waals surface area contributed by atoms with Gasteiger partial charge in [-0.2, -0.15) is 0 Å². The first kappa shape index (κ1) is 20.0. The fourth-order valence-electron chi connectivity index (χ4n) is 7.19. The number of furan rings is 1. The number of hydrogen-bond acceptors (Lipinski definition) is 1. The summed E-state index contributed by atoms with van der Waals surface area (Å²) in [5.74, 6) is 0. The molecule has 10 rings (SSSR count). The van der Waals surface area contributed by atoms with Gasteiger partial charge in [0.25, 0.3) is 0 Å². The van der Waals surface area contributed by atoms with Gasteiger partial charge in [-0.1, -0.05) is 158 Å². The van der Waals surface area contributed by atoms with E-state index in [9.17, 15) is 5.48 Å². The summed E-state index contributed by atoms with van der Waals surface area (Å²) in [5.41, 5.74) is 4.78. The number of hydrogen-bond donors (Lipinski definition) is 0. The number of benzene rings is 9. The SMILES string of the molecule is [2H]c1c([2H])c([2H])c(-c2ccc3c(-c4cccc5oc6cc7ccccc7cc6c45)c4ccccc4c(-c4c([2H])c([2H])c(-c5ccccc5)c([2H])c4[2H])c3c2)c([2H])c1[2H]. The molecule has 228 valence electrons. The third-order valence-corrected chi connectivity index (χ3v) is 9.38. The van der Waals surface area contributed by atoms with Crippen LogP contribution in [0.5, 0.6) is 0 Å². The Labute approximate surface area is 297 Å². The van der Waals surface area contributed by atoms with E-state index in [4.69, 9.17) is 11.3 Å².